The minimum atomic E-state index is 0.227. The lowest BCUT2D eigenvalue weighted by Gasteiger charge is -2.19. The highest BCUT2D eigenvalue weighted by atomic mass is 16.3. The fourth-order valence-electron chi connectivity index (χ4n) is 1.85. The van der Waals surface area contributed by atoms with Gasteiger partial charge in [-0.05, 0) is 42.0 Å². The highest BCUT2D eigenvalue weighted by molar-refractivity contribution is 5.79. The van der Waals surface area contributed by atoms with Crippen LogP contribution in [0.4, 0.5) is 0 Å². The van der Waals surface area contributed by atoms with Gasteiger partial charge in [-0.1, -0.05) is 13.0 Å². The molecular formula is C14H20N2O. The number of fused-ring (bicyclic) bond motifs is 1. The summed E-state index contributed by atoms with van der Waals surface area (Å²) in [4.78, 5) is 3.19. The van der Waals surface area contributed by atoms with Gasteiger partial charge < -0.3 is 15.4 Å². The first-order chi connectivity index (χ1) is 8.20. The maximum atomic E-state index is 9.07. The monoisotopic (exact) mass is 232 g/mol. The minimum Gasteiger partial charge on any atom is -0.396 e. The molecule has 0 aliphatic rings. The molecule has 17 heavy (non-hydrogen) atoms. The Hall–Kier alpha value is -1.32. The second kappa shape index (κ2) is 5.34. The summed E-state index contributed by atoms with van der Waals surface area (Å²) in [5.41, 5.74) is 2.44. The summed E-state index contributed by atoms with van der Waals surface area (Å²) in [6, 6.07) is 8.82. The summed E-state index contributed by atoms with van der Waals surface area (Å²) in [7, 11) is 0. The molecule has 0 aliphatic carbocycles. The molecule has 92 valence electrons. The predicted molar refractivity (Wildman–Crippen MR) is 70.9 cm³/mol. The second-order valence-corrected chi connectivity index (χ2v) is 4.73. The van der Waals surface area contributed by atoms with E-state index in [2.05, 4.69) is 41.5 Å². The first-order valence-electron chi connectivity index (χ1n) is 6.11. The first kappa shape index (κ1) is 12.1. The van der Waals surface area contributed by atoms with E-state index >= 15 is 0 Å². The molecule has 2 rings (SSSR count). The number of hydrogen-bond acceptors (Lipinski definition) is 2. The van der Waals surface area contributed by atoms with Crippen molar-refractivity contribution in [1.29, 1.82) is 0 Å². The SMILES string of the molecule is CC(CO)C(C)NCc1ccc2[nH]ccc2c1. The number of benzene rings is 1. The van der Waals surface area contributed by atoms with Crippen molar-refractivity contribution in [3.63, 3.8) is 0 Å². The Kier molecular flexibility index (Phi) is 3.82. The Morgan fingerprint density at radius 1 is 1.29 bits per heavy atom. The van der Waals surface area contributed by atoms with Crippen LogP contribution in [0.15, 0.2) is 30.5 Å². The third-order valence-electron chi connectivity index (χ3n) is 3.39. The minimum absolute atomic E-state index is 0.227. The van der Waals surface area contributed by atoms with Crippen molar-refractivity contribution in [3.8, 4) is 0 Å². The van der Waals surface area contributed by atoms with Gasteiger partial charge in [-0.3, -0.25) is 0 Å². The lowest BCUT2D eigenvalue weighted by atomic mass is 10.0. The molecule has 0 spiro atoms. The normalized spacial score (nSPS) is 15.0. The molecule has 3 heteroatoms. The summed E-state index contributed by atoms with van der Waals surface area (Å²) in [5.74, 6) is 0.283. The van der Waals surface area contributed by atoms with E-state index in [9.17, 15) is 0 Å². The van der Waals surface area contributed by atoms with E-state index in [-0.39, 0.29) is 12.5 Å². The largest absolute Gasteiger partial charge is 0.396 e. The Morgan fingerprint density at radius 2 is 2.12 bits per heavy atom. The average molecular weight is 232 g/mol. The summed E-state index contributed by atoms with van der Waals surface area (Å²) >= 11 is 0. The predicted octanol–water partition coefficient (Wildman–Crippen LogP) is 2.27. The van der Waals surface area contributed by atoms with Crippen molar-refractivity contribution in [3.05, 3.63) is 36.0 Å². The van der Waals surface area contributed by atoms with E-state index in [0.717, 1.165) is 6.54 Å². The number of hydrogen-bond donors (Lipinski definition) is 3. The Morgan fingerprint density at radius 3 is 2.88 bits per heavy atom. The molecule has 2 atom stereocenters. The van der Waals surface area contributed by atoms with Crippen molar-refractivity contribution in [2.75, 3.05) is 6.61 Å². The van der Waals surface area contributed by atoms with Crippen LogP contribution in [0.2, 0.25) is 0 Å². The number of aromatic nitrogens is 1. The Bertz CT molecular complexity index is 478. The Balaban J connectivity index is 1.98. The van der Waals surface area contributed by atoms with Gasteiger partial charge in [-0.25, -0.2) is 0 Å². The van der Waals surface area contributed by atoms with Crippen LogP contribution in [0, 0.1) is 5.92 Å². The average Bonchev–Trinajstić information content (AvgIpc) is 2.82. The lowest BCUT2D eigenvalue weighted by molar-refractivity contribution is 0.207. The summed E-state index contributed by atoms with van der Waals surface area (Å²) < 4.78 is 0. The zero-order chi connectivity index (χ0) is 12.3. The van der Waals surface area contributed by atoms with Crippen LogP contribution in [-0.2, 0) is 6.54 Å². The maximum Gasteiger partial charge on any atom is 0.0471 e. The Labute approximate surface area is 102 Å². The topological polar surface area (TPSA) is 48.0 Å². The van der Waals surface area contributed by atoms with Gasteiger partial charge in [-0.15, -0.1) is 0 Å². The van der Waals surface area contributed by atoms with Gasteiger partial charge in [0, 0.05) is 30.9 Å². The molecule has 3 N–H and O–H groups in total. The van der Waals surface area contributed by atoms with E-state index in [0.29, 0.717) is 6.04 Å². The molecule has 1 aromatic carbocycles. The summed E-state index contributed by atoms with van der Waals surface area (Å²) in [6.45, 7) is 5.22. The van der Waals surface area contributed by atoms with Crippen LogP contribution >= 0.6 is 0 Å². The molecule has 0 fully saturated rings. The fourth-order valence-corrected chi connectivity index (χ4v) is 1.85. The van der Waals surface area contributed by atoms with E-state index in [1.54, 1.807) is 0 Å². The van der Waals surface area contributed by atoms with Gasteiger partial charge in [0.15, 0.2) is 0 Å². The van der Waals surface area contributed by atoms with Crippen molar-refractivity contribution in [1.82, 2.24) is 10.3 Å². The number of aliphatic hydroxyl groups is 1. The second-order valence-electron chi connectivity index (χ2n) is 4.73. The molecule has 0 bridgehead atoms. The summed E-state index contributed by atoms with van der Waals surface area (Å²) in [6.07, 6.45) is 1.96. The van der Waals surface area contributed by atoms with Crippen molar-refractivity contribution >= 4 is 10.9 Å². The number of aliphatic hydroxyl groups excluding tert-OH is 1. The zero-order valence-electron chi connectivity index (χ0n) is 10.4. The third kappa shape index (κ3) is 2.87. The van der Waals surface area contributed by atoms with Gasteiger partial charge in [0.05, 0.1) is 0 Å². The standard InChI is InChI=1S/C14H20N2O/c1-10(9-17)11(2)16-8-12-3-4-14-13(7-12)5-6-15-14/h3-7,10-11,15-17H,8-9H2,1-2H3. The summed E-state index contributed by atoms with van der Waals surface area (Å²) in [5, 5.41) is 13.8. The van der Waals surface area contributed by atoms with Crippen LogP contribution in [0.25, 0.3) is 10.9 Å². The highest BCUT2D eigenvalue weighted by Crippen LogP contribution is 2.14. The van der Waals surface area contributed by atoms with Crippen molar-refractivity contribution in [2.24, 2.45) is 5.92 Å². The molecule has 0 radical (unpaired) electrons. The van der Waals surface area contributed by atoms with Crippen molar-refractivity contribution in [2.45, 2.75) is 26.4 Å². The molecular weight excluding hydrogens is 212 g/mol. The molecule has 2 unspecified atom stereocenters. The van der Waals surface area contributed by atoms with Crippen LogP contribution in [0.1, 0.15) is 19.4 Å². The van der Waals surface area contributed by atoms with E-state index in [4.69, 9.17) is 5.11 Å². The van der Waals surface area contributed by atoms with Crippen LogP contribution in [0.3, 0.4) is 0 Å². The van der Waals surface area contributed by atoms with Crippen LogP contribution in [-0.4, -0.2) is 22.7 Å². The van der Waals surface area contributed by atoms with Gasteiger partial charge in [0.1, 0.15) is 0 Å². The number of H-pyrrole nitrogens is 1. The first-order valence-corrected chi connectivity index (χ1v) is 6.11. The lowest BCUT2D eigenvalue weighted by Crippen LogP contribution is -2.33. The molecule has 0 amide bonds. The van der Waals surface area contributed by atoms with E-state index < -0.39 is 0 Å². The molecule has 2 aromatic rings. The van der Waals surface area contributed by atoms with Gasteiger partial charge in [0.2, 0.25) is 0 Å². The molecule has 0 saturated carbocycles. The number of rotatable bonds is 5. The molecule has 0 saturated heterocycles. The van der Waals surface area contributed by atoms with Crippen molar-refractivity contribution < 1.29 is 5.11 Å². The zero-order valence-corrected chi connectivity index (χ0v) is 10.4. The van der Waals surface area contributed by atoms with Gasteiger partial charge >= 0.3 is 0 Å². The van der Waals surface area contributed by atoms with Gasteiger partial charge in [0.25, 0.3) is 0 Å². The quantitative estimate of drug-likeness (QED) is 0.740. The highest BCUT2D eigenvalue weighted by Gasteiger charge is 2.09. The number of aromatic amines is 1. The smallest absolute Gasteiger partial charge is 0.0471 e. The fraction of sp³-hybridized carbons (Fsp3) is 0.429. The van der Waals surface area contributed by atoms with E-state index in [1.807, 2.05) is 13.1 Å². The molecule has 0 aliphatic heterocycles. The number of nitrogens with one attached hydrogen (secondary N) is 2. The molecule has 1 heterocycles. The van der Waals surface area contributed by atoms with Gasteiger partial charge in [-0.2, -0.15) is 0 Å². The van der Waals surface area contributed by atoms with Crippen LogP contribution < -0.4 is 5.32 Å². The molecule has 3 nitrogen and oxygen atoms in total. The molecule has 1 aromatic heterocycles. The van der Waals surface area contributed by atoms with Crippen LogP contribution in [0.5, 0.6) is 0 Å². The maximum absolute atomic E-state index is 9.07. The third-order valence-corrected chi connectivity index (χ3v) is 3.39. The van der Waals surface area contributed by atoms with E-state index in [1.165, 1.54) is 16.5 Å².